The van der Waals surface area contributed by atoms with Gasteiger partial charge in [0.05, 0.1) is 13.2 Å². The first-order valence-electron chi connectivity index (χ1n) is 5.87. The first kappa shape index (κ1) is 10.9. The van der Waals surface area contributed by atoms with Crippen LogP contribution in [0.4, 0.5) is 0 Å². The van der Waals surface area contributed by atoms with Crippen LogP contribution in [0.25, 0.3) is 0 Å². The van der Waals surface area contributed by atoms with Crippen molar-refractivity contribution in [2.45, 2.75) is 13.0 Å². The maximum Gasteiger partial charge on any atom is 0.231 e. The molecule has 92 valence electrons. The molecule has 0 spiro atoms. The van der Waals surface area contributed by atoms with Crippen LogP contribution in [0.1, 0.15) is 18.5 Å². The third-order valence-corrected chi connectivity index (χ3v) is 3.58. The van der Waals surface area contributed by atoms with Crippen LogP contribution in [0.5, 0.6) is 11.5 Å². The Morgan fingerprint density at radius 1 is 1.24 bits per heavy atom. The molecule has 1 atom stereocenters. The molecule has 17 heavy (non-hydrogen) atoms. The Kier molecular flexibility index (Phi) is 2.49. The average molecular weight is 235 g/mol. The van der Waals surface area contributed by atoms with Crippen molar-refractivity contribution < 1.29 is 14.2 Å². The number of fused-ring (bicyclic) bond motifs is 1. The van der Waals surface area contributed by atoms with Gasteiger partial charge in [-0.25, -0.2) is 0 Å². The maximum absolute atomic E-state index is 5.42. The standard InChI is InChI=1S/C13H17NO3/c1-13(6-15-7-13)12(14-2)9-3-4-10-11(5-9)17-8-16-10/h3-5,12,14H,6-8H2,1-2H3. The Morgan fingerprint density at radius 3 is 2.65 bits per heavy atom. The van der Waals surface area contributed by atoms with E-state index in [-0.39, 0.29) is 11.5 Å². The molecule has 0 aromatic heterocycles. The van der Waals surface area contributed by atoms with Gasteiger partial charge in [-0.15, -0.1) is 0 Å². The van der Waals surface area contributed by atoms with E-state index in [0.29, 0.717) is 6.79 Å². The van der Waals surface area contributed by atoms with Crippen LogP contribution in [0, 0.1) is 5.41 Å². The predicted molar refractivity (Wildman–Crippen MR) is 63.3 cm³/mol. The smallest absolute Gasteiger partial charge is 0.231 e. The quantitative estimate of drug-likeness (QED) is 0.865. The van der Waals surface area contributed by atoms with Crippen molar-refractivity contribution in [3.8, 4) is 11.5 Å². The highest BCUT2D eigenvalue weighted by atomic mass is 16.7. The van der Waals surface area contributed by atoms with Crippen molar-refractivity contribution in [1.29, 1.82) is 0 Å². The van der Waals surface area contributed by atoms with Crippen molar-refractivity contribution in [1.82, 2.24) is 5.32 Å². The fourth-order valence-corrected chi connectivity index (χ4v) is 2.60. The van der Waals surface area contributed by atoms with Crippen molar-refractivity contribution in [3.05, 3.63) is 23.8 Å². The molecule has 3 rings (SSSR count). The second kappa shape index (κ2) is 3.89. The van der Waals surface area contributed by atoms with E-state index in [1.807, 2.05) is 13.1 Å². The molecule has 0 amide bonds. The van der Waals surface area contributed by atoms with Crippen LogP contribution in [-0.4, -0.2) is 27.1 Å². The summed E-state index contributed by atoms with van der Waals surface area (Å²) in [7, 11) is 1.98. The van der Waals surface area contributed by atoms with Crippen LogP contribution in [0.15, 0.2) is 18.2 Å². The van der Waals surface area contributed by atoms with Gasteiger partial charge in [0.25, 0.3) is 0 Å². The summed E-state index contributed by atoms with van der Waals surface area (Å²) >= 11 is 0. The molecule has 0 radical (unpaired) electrons. The van der Waals surface area contributed by atoms with Gasteiger partial charge in [-0.1, -0.05) is 13.0 Å². The van der Waals surface area contributed by atoms with Crippen molar-refractivity contribution in [2.24, 2.45) is 5.41 Å². The van der Waals surface area contributed by atoms with Gasteiger partial charge in [-0.05, 0) is 24.7 Å². The Labute approximate surface area is 101 Å². The SMILES string of the molecule is CNC(c1ccc2c(c1)OCO2)C1(C)COC1. The van der Waals surface area contributed by atoms with E-state index in [0.717, 1.165) is 24.7 Å². The second-order valence-corrected chi connectivity index (χ2v) is 4.98. The first-order chi connectivity index (χ1) is 8.23. The van der Waals surface area contributed by atoms with E-state index in [1.54, 1.807) is 0 Å². The summed E-state index contributed by atoms with van der Waals surface area (Å²) in [5.74, 6) is 1.67. The van der Waals surface area contributed by atoms with Gasteiger partial charge in [-0.2, -0.15) is 0 Å². The van der Waals surface area contributed by atoms with Crippen molar-refractivity contribution >= 4 is 0 Å². The number of nitrogens with one attached hydrogen (secondary N) is 1. The lowest BCUT2D eigenvalue weighted by Gasteiger charge is -2.44. The molecule has 2 aliphatic rings. The Balaban J connectivity index is 1.91. The van der Waals surface area contributed by atoms with Crippen LogP contribution in [0.2, 0.25) is 0 Å². The lowest BCUT2D eigenvalue weighted by atomic mass is 9.77. The first-order valence-corrected chi connectivity index (χ1v) is 5.87. The lowest BCUT2D eigenvalue weighted by Crippen LogP contribution is -2.48. The highest BCUT2D eigenvalue weighted by Crippen LogP contribution is 2.42. The van der Waals surface area contributed by atoms with Gasteiger partial charge in [0.2, 0.25) is 6.79 Å². The third-order valence-electron chi connectivity index (χ3n) is 3.58. The average Bonchev–Trinajstić information content (AvgIpc) is 2.75. The van der Waals surface area contributed by atoms with Crippen LogP contribution in [0.3, 0.4) is 0 Å². The molecule has 1 aromatic rings. The number of hydrogen-bond acceptors (Lipinski definition) is 4. The van der Waals surface area contributed by atoms with E-state index >= 15 is 0 Å². The summed E-state index contributed by atoms with van der Waals surface area (Å²) < 4.78 is 16.1. The van der Waals surface area contributed by atoms with Gasteiger partial charge >= 0.3 is 0 Å². The van der Waals surface area contributed by atoms with E-state index in [2.05, 4.69) is 24.4 Å². The second-order valence-electron chi connectivity index (χ2n) is 4.98. The van der Waals surface area contributed by atoms with Gasteiger partial charge in [0, 0.05) is 11.5 Å². The molecular weight excluding hydrogens is 218 g/mol. The van der Waals surface area contributed by atoms with E-state index in [1.165, 1.54) is 5.56 Å². The summed E-state index contributed by atoms with van der Waals surface area (Å²) in [5, 5.41) is 3.38. The summed E-state index contributed by atoms with van der Waals surface area (Å²) in [5.41, 5.74) is 1.39. The minimum atomic E-state index is 0.169. The van der Waals surface area contributed by atoms with E-state index < -0.39 is 0 Å². The molecule has 4 nitrogen and oxygen atoms in total. The molecule has 0 bridgehead atoms. The molecule has 1 fully saturated rings. The van der Waals surface area contributed by atoms with Crippen LogP contribution in [-0.2, 0) is 4.74 Å². The lowest BCUT2D eigenvalue weighted by molar-refractivity contribution is -0.121. The number of benzene rings is 1. The molecule has 2 aliphatic heterocycles. The topological polar surface area (TPSA) is 39.7 Å². The predicted octanol–water partition coefficient (Wildman–Crippen LogP) is 1.71. The third kappa shape index (κ3) is 1.68. The summed E-state index contributed by atoms with van der Waals surface area (Å²) in [6.07, 6.45) is 0. The number of rotatable bonds is 3. The highest BCUT2D eigenvalue weighted by Gasteiger charge is 2.41. The Bertz CT molecular complexity index is 429. The van der Waals surface area contributed by atoms with Gasteiger partial charge < -0.3 is 19.5 Å². The van der Waals surface area contributed by atoms with Crippen LogP contribution >= 0.6 is 0 Å². The minimum absolute atomic E-state index is 0.169. The van der Waals surface area contributed by atoms with E-state index in [9.17, 15) is 0 Å². The van der Waals surface area contributed by atoms with Gasteiger partial charge in [-0.3, -0.25) is 0 Å². The Hall–Kier alpha value is -1.26. The van der Waals surface area contributed by atoms with Crippen molar-refractivity contribution in [2.75, 3.05) is 27.1 Å². The number of hydrogen-bond donors (Lipinski definition) is 1. The molecule has 2 heterocycles. The fraction of sp³-hybridized carbons (Fsp3) is 0.538. The maximum atomic E-state index is 5.42. The van der Waals surface area contributed by atoms with Crippen LogP contribution < -0.4 is 14.8 Å². The molecule has 0 saturated carbocycles. The largest absolute Gasteiger partial charge is 0.454 e. The molecule has 4 heteroatoms. The molecule has 1 N–H and O–H groups in total. The summed E-state index contributed by atoms with van der Waals surface area (Å²) in [4.78, 5) is 0. The number of ether oxygens (including phenoxy) is 3. The molecular formula is C13H17NO3. The minimum Gasteiger partial charge on any atom is -0.454 e. The monoisotopic (exact) mass is 235 g/mol. The zero-order valence-corrected chi connectivity index (χ0v) is 10.2. The highest BCUT2D eigenvalue weighted by molar-refractivity contribution is 5.45. The Morgan fingerprint density at radius 2 is 2.00 bits per heavy atom. The fourth-order valence-electron chi connectivity index (χ4n) is 2.60. The molecule has 0 aliphatic carbocycles. The molecule has 1 saturated heterocycles. The zero-order chi connectivity index (χ0) is 11.9. The van der Waals surface area contributed by atoms with Crippen molar-refractivity contribution in [3.63, 3.8) is 0 Å². The summed E-state index contributed by atoms with van der Waals surface area (Å²) in [6.45, 7) is 4.16. The van der Waals surface area contributed by atoms with Gasteiger partial charge in [0.15, 0.2) is 11.5 Å². The van der Waals surface area contributed by atoms with Gasteiger partial charge in [0.1, 0.15) is 0 Å². The zero-order valence-electron chi connectivity index (χ0n) is 10.2. The molecule has 1 aromatic carbocycles. The van der Waals surface area contributed by atoms with E-state index in [4.69, 9.17) is 14.2 Å². The molecule has 1 unspecified atom stereocenters. The summed E-state index contributed by atoms with van der Waals surface area (Å²) in [6, 6.07) is 6.42. The normalized spacial score (nSPS) is 22.0.